The number of nitrogens with zero attached hydrogens (tertiary/aromatic N) is 3. The van der Waals surface area contributed by atoms with Crippen LogP contribution in [0.2, 0.25) is 0 Å². The molecule has 2 atom stereocenters. The molecule has 23 heavy (non-hydrogen) atoms. The molecule has 3 rings (SSSR count). The number of aromatic nitrogens is 2. The predicted octanol–water partition coefficient (Wildman–Crippen LogP) is 2.90. The van der Waals surface area contributed by atoms with Crippen LogP contribution in [-0.4, -0.2) is 40.6 Å². The third-order valence-electron chi connectivity index (χ3n) is 3.86. The van der Waals surface area contributed by atoms with Crippen LogP contribution in [-0.2, 0) is 6.54 Å². The number of pyridine rings is 1. The molecule has 2 aromatic rings. The number of hydrogen-bond acceptors (Lipinski definition) is 6. The fourth-order valence-electron chi connectivity index (χ4n) is 2.69. The molecule has 1 aliphatic heterocycles. The minimum atomic E-state index is -0.428. The molecule has 1 saturated heterocycles. The summed E-state index contributed by atoms with van der Waals surface area (Å²) < 4.78 is 32.7. The van der Waals surface area contributed by atoms with Gasteiger partial charge < -0.3 is 10.1 Å². The van der Waals surface area contributed by atoms with Crippen molar-refractivity contribution in [2.45, 2.75) is 32.0 Å². The lowest BCUT2D eigenvalue weighted by Crippen LogP contribution is -2.28. The first-order chi connectivity index (χ1) is 11.0. The Labute approximate surface area is 137 Å². The van der Waals surface area contributed by atoms with Crippen molar-refractivity contribution in [3.05, 3.63) is 35.0 Å². The van der Waals surface area contributed by atoms with Gasteiger partial charge in [0.2, 0.25) is 11.8 Å². The normalized spacial score (nSPS) is 21.6. The summed E-state index contributed by atoms with van der Waals surface area (Å²) in [6.45, 7) is 3.20. The van der Waals surface area contributed by atoms with Gasteiger partial charge in [0.25, 0.3) is 0 Å². The van der Waals surface area contributed by atoms with Crippen molar-refractivity contribution < 1.29 is 13.5 Å². The minimum absolute atomic E-state index is 0.0842. The predicted molar refractivity (Wildman–Crippen MR) is 84.7 cm³/mol. The van der Waals surface area contributed by atoms with Crippen molar-refractivity contribution in [1.82, 2.24) is 14.9 Å². The van der Waals surface area contributed by atoms with Crippen LogP contribution < -0.4 is 10.1 Å². The van der Waals surface area contributed by atoms with E-state index in [1.54, 1.807) is 7.05 Å². The molecule has 0 spiro atoms. The van der Waals surface area contributed by atoms with Crippen LogP contribution in [0.3, 0.4) is 0 Å². The zero-order valence-electron chi connectivity index (χ0n) is 12.9. The molecule has 1 fully saturated rings. The summed E-state index contributed by atoms with van der Waals surface area (Å²) in [5.41, 5.74) is 0. The minimum Gasteiger partial charge on any atom is -0.473 e. The maximum Gasteiger partial charge on any atom is 0.230 e. The van der Waals surface area contributed by atoms with Crippen molar-refractivity contribution in [2.24, 2.45) is 0 Å². The zero-order chi connectivity index (χ0) is 16.4. The van der Waals surface area contributed by atoms with Gasteiger partial charge in [-0.1, -0.05) is 11.3 Å². The summed E-state index contributed by atoms with van der Waals surface area (Å²) in [5.74, 6) is -0.516. The van der Waals surface area contributed by atoms with Crippen LogP contribution in [0.4, 0.5) is 13.9 Å². The van der Waals surface area contributed by atoms with E-state index in [1.165, 1.54) is 29.7 Å². The largest absolute Gasteiger partial charge is 0.473 e. The van der Waals surface area contributed by atoms with Gasteiger partial charge in [0.15, 0.2) is 5.13 Å². The van der Waals surface area contributed by atoms with Crippen LogP contribution in [0.25, 0.3) is 0 Å². The van der Waals surface area contributed by atoms with E-state index in [2.05, 4.69) is 27.1 Å². The third-order valence-corrected chi connectivity index (χ3v) is 4.89. The van der Waals surface area contributed by atoms with Crippen LogP contribution in [0.15, 0.2) is 18.3 Å². The second kappa shape index (κ2) is 6.76. The molecule has 0 unspecified atom stereocenters. The Kier molecular flexibility index (Phi) is 4.72. The van der Waals surface area contributed by atoms with E-state index in [1.807, 2.05) is 0 Å². The van der Waals surface area contributed by atoms with E-state index >= 15 is 0 Å². The summed E-state index contributed by atoms with van der Waals surface area (Å²) in [7, 11) is 1.72. The second-order valence-corrected chi connectivity index (χ2v) is 6.63. The van der Waals surface area contributed by atoms with Gasteiger partial charge in [-0.2, -0.15) is 9.37 Å². The fourth-order valence-corrected chi connectivity index (χ4v) is 3.52. The van der Waals surface area contributed by atoms with Gasteiger partial charge in [0.05, 0.1) is 4.88 Å². The zero-order valence-corrected chi connectivity index (χ0v) is 13.7. The molecule has 124 valence electrons. The van der Waals surface area contributed by atoms with E-state index < -0.39 is 5.95 Å². The monoisotopic (exact) mass is 340 g/mol. The average Bonchev–Trinajstić information content (AvgIpc) is 3.03. The van der Waals surface area contributed by atoms with Gasteiger partial charge in [0.1, 0.15) is 11.9 Å². The standard InChI is InChI=1S/C15H18F2N4OS/c1-9-5-11(22-13-6-10(16)3-4-19-13)7-21(9)8-12-14(17)20-15(18-2)23-12/h3-4,6,9,11H,5,7-8H2,1-2H3,(H,18,20)/t9-,11+/m0/s1. The summed E-state index contributed by atoms with van der Waals surface area (Å²) in [6, 6.07) is 2.80. The quantitative estimate of drug-likeness (QED) is 0.907. The highest BCUT2D eigenvalue weighted by Crippen LogP contribution is 2.28. The first kappa shape index (κ1) is 16.1. The molecule has 0 saturated carbocycles. The van der Waals surface area contributed by atoms with Crippen molar-refractivity contribution >= 4 is 16.5 Å². The number of thiazole rings is 1. The van der Waals surface area contributed by atoms with Crippen LogP contribution in [0.1, 0.15) is 18.2 Å². The van der Waals surface area contributed by atoms with Gasteiger partial charge >= 0.3 is 0 Å². The van der Waals surface area contributed by atoms with Crippen LogP contribution in [0, 0.1) is 11.8 Å². The number of ether oxygens (including phenoxy) is 1. The molecular weight excluding hydrogens is 322 g/mol. The Hall–Kier alpha value is -1.80. The number of halogens is 2. The van der Waals surface area contributed by atoms with Crippen molar-refractivity contribution in [2.75, 3.05) is 18.9 Å². The van der Waals surface area contributed by atoms with Crippen molar-refractivity contribution in [3.63, 3.8) is 0 Å². The molecule has 0 amide bonds. The fraction of sp³-hybridized carbons (Fsp3) is 0.467. The maximum atomic E-state index is 13.8. The Morgan fingerprint density at radius 2 is 2.30 bits per heavy atom. The highest BCUT2D eigenvalue weighted by Gasteiger charge is 2.31. The lowest BCUT2D eigenvalue weighted by molar-refractivity contribution is 0.187. The molecule has 0 aliphatic carbocycles. The van der Waals surface area contributed by atoms with Gasteiger partial charge in [-0.15, -0.1) is 0 Å². The number of nitrogens with one attached hydrogen (secondary N) is 1. The van der Waals surface area contributed by atoms with Crippen LogP contribution >= 0.6 is 11.3 Å². The van der Waals surface area contributed by atoms with Gasteiger partial charge in [-0.25, -0.2) is 9.37 Å². The number of hydrogen-bond donors (Lipinski definition) is 1. The Bertz CT molecular complexity index is 681. The molecule has 8 heteroatoms. The van der Waals surface area contributed by atoms with Gasteiger partial charge in [-0.05, 0) is 13.0 Å². The van der Waals surface area contributed by atoms with Crippen molar-refractivity contribution in [3.8, 4) is 5.88 Å². The average molecular weight is 340 g/mol. The van der Waals surface area contributed by atoms with E-state index in [-0.39, 0.29) is 23.8 Å². The number of likely N-dealkylation sites (tertiary alicyclic amines) is 1. The second-order valence-electron chi connectivity index (χ2n) is 5.55. The Morgan fingerprint density at radius 3 is 3.00 bits per heavy atom. The number of rotatable bonds is 5. The summed E-state index contributed by atoms with van der Waals surface area (Å²) in [6.07, 6.45) is 2.09. The summed E-state index contributed by atoms with van der Waals surface area (Å²) in [5, 5.41) is 3.42. The third kappa shape index (κ3) is 3.76. The molecular formula is C15H18F2N4OS. The Balaban J connectivity index is 1.63. The van der Waals surface area contributed by atoms with Gasteiger partial charge in [0, 0.05) is 44.9 Å². The topological polar surface area (TPSA) is 50.3 Å². The van der Waals surface area contributed by atoms with Crippen LogP contribution in [0.5, 0.6) is 5.88 Å². The van der Waals surface area contributed by atoms with E-state index in [0.717, 1.165) is 6.42 Å². The number of anilines is 1. The Morgan fingerprint density at radius 1 is 1.48 bits per heavy atom. The molecule has 1 N–H and O–H groups in total. The first-order valence-electron chi connectivity index (χ1n) is 7.40. The maximum absolute atomic E-state index is 13.8. The summed E-state index contributed by atoms with van der Waals surface area (Å²) >= 11 is 1.31. The molecule has 1 aliphatic rings. The molecule has 0 aromatic carbocycles. The SMILES string of the molecule is CNc1nc(F)c(CN2C[C@H](Oc3cc(F)ccn3)C[C@@H]2C)s1. The molecule has 5 nitrogen and oxygen atoms in total. The smallest absolute Gasteiger partial charge is 0.230 e. The van der Waals surface area contributed by atoms with E-state index in [0.29, 0.717) is 23.1 Å². The van der Waals surface area contributed by atoms with E-state index in [4.69, 9.17) is 4.74 Å². The molecule has 3 heterocycles. The van der Waals surface area contributed by atoms with Crippen molar-refractivity contribution in [1.29, 1.82) is 0 Å². The molecule has 0 bridgehead atoms. The van der Waals surface area contributed by atoms with E-state index in [9.17, 15) is 8.78 Å². The highest BCUT2D eigenvalue weighted by atomic mass is 32.1. The molecule has 0 radical (unpaired) electrons. The lowest BCUT2D eigenvalue weighted by Gasteiger charge is -2.19. The first-order valence-corrected chi connectivity index (χ1v) is 8.22. The van der Waals surface area contributed by atoms with Gasteiger partial charge in [-0.3, -0.25) is 4.90 Å². The lowest BCUT2D eigenvalue weighted by atomic mass is 10.2. The molecule has 2 aromatic heterocycles. The summed E-state index contributed by atoms with van der Waals surface area (Å²) in [4.78, 5) is 10.6. The highest BCUT2D eigenvalue weighted by molar-refractivity contribution is 7.15.